The minimum absolute atomic E-state index is 0.00710. The number of aliphatic hydroxyl groups excluding tert-OH is 2. The molecule has 0 radical (unpaired) electrons. The van der Waals surface area contributed by atoms with E-state index in [1.165, 1.54) is 17.9 Å². The molecule has 3 aliphatic rings. The van der Waals surface area contributed by atoms with Crippen LogP contribution in [0.15, 0.2) is 28.7 Å². The fourth-order valence-corrected chi connectivity index (χ4v) is 5.98. The van der Waals surface area contributed by atoms with Crippen LogP contribution >= 0.6 is 0 Å². The highest BCUT2D eigenvalue weighted by Gasteiger charge is 2.63. The Bertz CT molecular complexity index is 1330. The lowest BCUT2D eigenvalue weighted by Gasteiger charge is -2.50. The highest BCUT2D eigenvalue weighted by molar-refractivity contribution is 6.25. The quantitative estimate of drug-likeness (QED) is 0.238. The van der Waals surface area contributed by atoms with Gasteiger partial charge in [0.2, 0.25) is 11.7 Å². The Kier molecular flexibility index (Phi) is 6.08. The SMILES string of the molecule is CC(=O)Nc1cc(N(C)C)c2c(c1O)C(=O)C1=C(O)[C@]3(O)C(=O)C(C(N)=O)=C(O)[C@@H](N(C)C)[C@@H]3C[C@@H]1C2. The molecule has 0 bridgehead atoms. The lowest BCUT2D eigenvalue weighted by atomic mass is 9.58. The van der Waals surface area contributed by atoms with Crippen molar-refractivity contribution in [2.24, 2.45) is 17.6 Å². The monoisotopic (exact) mass is 514 g/mol. The molecule has 1 aromatic carbocycles. The first-order valence-corrected chi connectivity index (χ1v) is 11.6. The molecule has 1 aromatic rings. The van der Waals surface area contributed by atoms with Crippen LogP contribution in [0.2, 0.25) is 0 Å². The van der Waals surface area contributed by atoms with Crippen molar-refractivity contribution in [2.75, 3.05) is 38.4 Å². The summed E-state index contributed by atoms with van der Waals surface area (Å²) < 4.78 is 0. The van der Waals surface area contributed by atoms with Crippen molar-refractivity contribution in [1.29, 1.82) is 0 Å². The second kappa shape index (κ2) is 8.60. The third kappa shape index (κ3) is 3.58. The average molecular weight is 515 g/mol. The van der Waals surface area contributed by atoms with Crippen LogP contribution in [0.5, 0.6) is 5.75 Å². The van der Waals surface area contributed by atoms with Crippen LogP contribution in [0.1, 0.15) is 29.3 Å². The number of phenols is 1. The minimum Gasteiger partial charge on any atom is -0.510 e. The number of primary amides is 1. The van der Waals surface area contributed by atoms with Gasteiger partial charge >= 0.3 is 0 Å². The summed E-state index contributed by atoms with van der Waals surface area (Å²) in [5.41, 5.74) is 2.33. The van der Waals surface area contributed by atoms with E-state index in [-0.39, 0.29) is 29.7 Å². The fraction of sp³-hybridized carbons (Fsp3) is 0.440. The summed E-state index contributed by atoms with van der Waals surface area (Å²) in [6.07, 6.45) is 0.142. The number of nitrogens with zero attached hydrogens (tertiary/aromatic N) is 2. The number of amides is 2. The van der Waals surface area contributed by atoms with Gasteiger partial charge in [-0.2, -0.15) is 0 Å². The topological polar surface area (TPSA) is 194 Å². The number of hydrogen-bond acceptors (Lipinski definition) is 10. The smallest absolute Gasteiger partial charge is 0.255 e. The molecule has 7 N–H and O–H groups in total. The first kappa shape index (κ1) is 26.2. The number of carbonyl (C=O) groups excluding carboxylic acids is 4. The van der Waals surface area contributed by atoms with Gasteiger partial charge in [0.15, 0.2) is 17.1 Å². The Morgan fingerprint density at radius 1 is 1.14 bits per heavy atom. The molecule has 0 aliphatic heterocycles. The summed E-state index contributed by atoms with van der Waals surface area (Å²) in [5, 5.41) is 47.2. The number of aliphatic hydroxyl groups is 3. The number of Topliss-reactive ketones (excluding diaryl/α,β-unsaturated/α-hetero) is 2. The van der Waals surface area contributed by atoms with Gasteiger partial charge in [0.1, 0.15) is 17.1 Å². The number of phenolic OH excluding ortho intramolecular Hbond substituents is 1. The number of benzene rings is 1. The second-order valence-corrected chi connectivity index (χ2v) is 10.2. The summed E-state index contributed by atoms with van der Waals surface area (Å²) in [7, 11) is 6.60. The van der Waals surface area contributed by atoms with Crippen molar-refractivity contribution in [2.45, 2.75) is 31.4 Å². The number of nitrogens with two attached hydrogens (primary N) is 1. The summed E-state index contributed by atoms with van der Waals surface area (Å²) >= 11 is 0. The molecule has 0 unspecified atom stereocenters. The molecule has 198 valence electrons. The Labute approximate surface area is 212 Å². The zero-order valence-corrected chi connectivity index (χ0v) is 21.1. The molecule has 0 fully saturated rings. The Balaban J connectivity index is 1.99. The molecule has 2 amide bonds. The van der Waals surface area contributed by atoms with E-state index in [4.69, 9.17) is 5.73 Å². The summed E-state index contributed by atoms with van der Waals surface area (Å²) in [5.74, 6) is -7.74. The zero-order valence-electron chi connectivity index (χ0n) is 21.1. The number of hydrogen-bond donors (Lipinski definition) is 6. The van der Waals surface area contributed by atoms with E-state index in [1.807, 2.05) is 0 Å². The zero-order chi connectivity index (χ0) is 27.7. The number of allylic oxidation sites excluding steroid dienone is 1. The molecule has 0 saturated heterocycles. The van der Waals surface area contributed by atoms with Gasteiger partial charge < -0.3 is 36.4 Å². The van der Waals surface area contributed by atoms with Gasteiger partial charge in [0, 0.05) is 38.2 Å². The third-order valence-electron chi connectivity index (χ3n) is 7.49. The maximum atomic E-state index is 13.8. The molecule has 12 nitrogen and oxygen atoms in total. The molecule has 4 atom stereocenters. The number of rotatable bonds is 4. The number of carbonyl (C=O) groups is 4. The molecule has 0 aromatic heterocycles. The van der Waals surface area contributed by atoms with E-state index in [9.17, 15) is 39.6 Å². The van der Waals surface area contributed by atoms with Crippen molar-refractivity contribution in [3.63, 3.8) is 0 Å². The van der Waals surface area contributed by atoms with Gasteiger partial charge in [0.05, 0.1) is 17.3 Å². The lowest BCUT2D eigenvalue weighted by molar-refractivity contribution is -0.148. The standard InChI is InChI=1S/C25H30N4O8/c1-9(30)27-13-8-14(28(2)3)11-6-10-7-12-18(29(4)5)21(33)17(24(26)36)23(35)25(12,37)22(34)15(10)20(32)16(11)19(13)31/h8,10,12,18,31,33-34,37H,6-7H2,1-5H3,(H2,26,36)(H,27,30)/t10-,12-,18-,25-/m0/s1. The van der Waals surface area contributed by atoms with Gasteiger partial charge in [0.25, 0.3) is 5.91 Å². The first-order valence-electron chi connectivity index (χ1n) is 11.6. The van der Waals surface area contributed by atoms with Crippen LogP contribution in [0.4, 0.5) is 11.4 Å². The molecule has 0 spiro atoms. The number of likely N-dealkylation sites (N-methyl/N-ethyl adjacent to an activating group) is 1. The number of aromatic hydroxyl groups is 1. The maximum absolute atomic E-state index is 13.8. The average Bonchev–Trinajstić information content (AvgIpc) is 2.77. The second-order valence-electron chi connectivity index (χ2n) is 10.2. The number of fused-ring (bicyclic) bond motifs is 3. The van der Waals surface area contributed by atoms with E-state index in [0.717, 1.165) is 0 Å². The van der Waals surface area contributed by atoms with Crippen LogP contribution < -0.4 is 16.0 Å². The Hall–Kier alpha value is -3.90. The lowest BCUT2D eigenvalue weighted by Crippen LogP contribution is -2.63. The molecule has 12 heteroatoms. The molecular formula is C25H30N4O8. The van der Waals surface area contributed by atoms with Gasteiger partial charge in [-0.25, -0.2) is 0 Å². The molecule has 0 heterocycles. The Morgan fingerprint density at radius 3 is 2.27 bits per heavy atom. The summed E-state index contributed by atoms with van der Waals surface area (Å²) in [6.45, 7) is 1.24. The van der Waals surface area contributed by atoms with Gasteiger partial charge in [-0.3, -0.25) is 24.1 Å². The number of nitrogens with one attached hydrogen (secondary N) is 1. The number of anilines is 2. The van der Waals surface area contributed by atoms with E-state index in [2.05, 4.69) is 5.32 Å². The van der Waals surface area contributed by atoms with Gasteiger partial charge in [-0.15, -0.1) is 0 Å². The van der Waals surface area contributed by atoms with Crippen LogP contribution in [-0.2, 0) is 20.8 Å². The van der Waals surface area contributed by atoms with Crippen molar-refractivity contribution < 1.29 is 39.6 Å². The maximum Gasteiger partial charge on any atom is 0.255 e. The Morgan fingerprint density at radius 2 is 1.76 bits per heavy atom. The van der Waals surface area contributed by atoms with E-state index in [0.29, 0.717) is 11.3 Å². The third-order valence-corrected chi connectivity index (χ3v) is 7.49. The van der Waals surface area contributed by atoms with Gasteiger partial charge in [-0.1, -0.05) is 0 Å². The van der Waals surface area contributed by atoms with E-state index < -0.39 is 69.7 Å². The molecule has 4 rings (SSSR count). The van der Waals surface area contributed by atoms with E-state index >= 15 is 0 Å². The van der Waals surface area contributed by atoms with Crippen molar-refractivity contribution >= 4 is 34.8 Å². The number of ketones is 2. The van der Waals surface area contributed by atoms with Crippen LogP contribution in [-0.4, -0.2) is 88.5 Å². The molecule has 3 aliphatic carbocycles. The largest absolute Gasteiger partial charge is 0.510 e. The molecule has 37 heavy (non-hydrogen) atoms. The predicted octanol–water partition coefficient (Wildman–Crippen LogP) is 0.145. The van der Waals surface area contributed by atoms with Crippen molar-refractivity contribution in [3.8, 4) is 5.75 Å². The van der Waals surface area contributed by atoms with Crippen molar-refractivity contribution in [1.82, 2.24) is 4.90 Å². The van der Waals surface area contributed by atoms with Crippen LogP contribution in [0.25, 0.3) is 0 Å². The fourth-order valence-electron chi connectivity index (χ4n) is 5.98. The minimum atomic E-state index is -2.71. The first-order chi connectivity index (χ1) is 17.1. The normalized spacial score (nSPS) is 27.1. The molecular weight excluding hydrogens is 484 g/mol. The predicted molar refractivity (Wildman–Crippen MR) is 132 cm³/mol. The summed E-state index contributed by atoms with van der Waals surface area (Å²) in [6, 6.07) is 0.478. The van der Waals surface area contributed by atoms with Crippen LogP contribution in [0, 0.1) is 11.8 Å². The molecule has 0 saturated carbocycles. The van der Waals surface area contributed by atoms with Crippen molar-refractivity contribution in [3.05, 3.63) is 39.9 Å². The highest BCUT2D eigenvalue weighted by atomic mass is 16.3. The van der Waals surface area contributed by atoms with Gasteiger partial charge in [-0.05, 0) is 44.5 Å². The summed E-state index contributed by atoms with van der Waals surface area (Å²) in [4.78, 5) is 54.1. The highest BCUT2D eigenvalue weighted by Crippen LogP contribution is 2.53. The van der Waals surface area contributed by atoms with Crippen LogP contribution in [0.3, 0.4) is 0 Å². The van der Waals surface area contributed by atoms with E-state index in [1.54, 1.807) is 33.1 Å².